The molecule has 2 amide bonds. The Bertz CT molecular complexity index is 2420. The van der Waals surface area contributed by atoms with Gasteiger partial charge in [0.15, 0.2) is 0 Å². The summed E-state index contributed by atoms with van der Waals surface area (Å²) in [6.45, 7) is 2.75. The molecule has 0 aromatic heterocycles. The number of fused-ring (bicyclic) bond motifs is 1. The lowest BCUT2D eigenvalue weighted by Crippen LogP contribution is -2.49. The van der Waals surface area contributed by atoms with Crippen molar-refractivity contribution >= 4 is 44.0 Å². The SMILES string of the molecule is Cc1ccc(CC(=O)N[C@@H](Cc2ccc(OCCOc3cccc4ccccc34)cc2)C(=O)NS(=O)(=O)c2ccc(NCc3ccccc3)c([N+](=O)[O-])c2)cc1. The van der Waals surface area contributed by atoms with Gasteiger partial charge in [-0.05, 0) is 59.3 Å². The van der Waals surface area contributed by atoms with Crippen LogP contribution in [0.15, 0.2) is 144 Å². The predicted octanol–water partition coefficient (Wildman–Crippen LogP) is 6.90. The van der Waals surface area contributed by atoms with Gasteiger partial charge in [-0.3, -0.25) is 19.7 Å². The molecule has 0 spiro atoms. The molecule has 6 aromatic rings. The van der Waals surface area contributed by atoms with Gasteiger partial charge >= 0.3 is 0 Å². The number of ether oxygens (including phenoxy) is 2. The topological polar surface area (TPSA) is 166 Å². The van der Waals surface area contributed by atoms with Gasteiger partial charge in [0.2, 0.25) is 5.91 Å². The summed E-state index contributed by atoms with van der Waals surface area (Å²) in [7, 11) is -4.60. The van der Waals surface area contributed by atoms with Crippen molar-refractivity contribution in [3.8, 4) is 11.5 Å². The highest BCUT2D eigenvalue weighted by atomic mass is 32.2. The lowest BCUT2D eigenvalue weighted by atomic mass is 10.0. The Balaban J connectivity index is 1.12. The Labute approximate surface area is 324 Å². The summed E-state index contributed by atoms with van der Waals surface area (Å²) in [5.41, 5.74) is 2.82. The number of rotatable bonds is 17. The third-order valence-electron chi connectivity index (χ3n) is 8.90. The summed E-state index contributed by atoms with van der Waals surface area (Å²) in [6.07, 6.45) is -0.109. The number of hydrogen-bond acceptors (Lipinski definition) is 9. The van der Waals surface area contributed by atoms with Gasteiger partial charge < -0.3 is 20.1 Å². The van der Waals surface area contributed by atoms with E-state index in [1.54, 1.807) is 36.4 Å². The Hall–Kier alpha value is -6.73. The monoisotopic (exact) mass is 772 g/mol. The van der Waals surface area contributed by atoms with Crippen molar-refractivity contribution in [3.63, 3.8) is 0 Å². The first kappa shape index (κ1) is 39.0. The molecular formula is C43H40N4O8S. The van der Waals surface area contributed by atoms with E-state index in [0.717, 1.165) is 33.7 Å². The van der Waals surface area contributed by atoms with Gasteiger partial charge in [-0.15, -0.1) is 0 Å². The fourth-order valence-electron chi connectivity index (χ4n) is 5.97. The predicted molar refractivity (Wildman–Crippen MR) is 214 cm³/mol. The molecule has 0 aliphatic carbocycles. The van der Waals surface area contributed by atoms with Crippen LogP contribution in [0.3, 0.4) is 0 Å². The highest BCUT2D eigenvalue weighted by Gasteiger charge is 2.28. The van der Waals surface area contributed by atoms with E-state index in [0.29, 0.717) is 23.5 Å². The largest absolute Gasteiger partial charge is 0.490 e. The molecule has 0 unspecified atom stereocenters. The number of carbonyl (C=O) groups excluding carboxylic acids is 2. The third-order valence-corrected chi connectivity index (χ3v) is 10.2. The number of carbonyl (C=O) groups is 2. The number of benzene rings is 6. The molecule has 0 radical (unpaired) electrons. The zero-order valence-electron chi connectivity index (χ0n) is 30.5. The fourth-order valence-corrected chi connectivity index (χ4v) is 7.01. The van der Waals surface area contributed by atoms with Crippen molar-refractivity contribution in [3.05, 3.63) is 172 Å². The summed E-state index contributed by atoms with van der Waals surface area (Å²) in [5.74, 6) is -0.210. The van der Waals surface area contributed by atoms with Crippen molar-refractivity contribution < 1.29 is 32.4 Å². The maximum absolute atomic E-state index is 13.7. The van der Waals surface area contributed by atoms with Crippen LogP contribution in [0, 0.1) is 17.0 Å². The molecule has 0 heterocycles. The first-order chi connectivity index (χ1) is 27.0. The molecule has 0 saturated carbocycles. The Morgan fingerprint density at radius 2 is 1.43 bits per heavy atom. The lowest BCUT2D eigenvalue weighted by molar-refractivity contribution is -0.384. The van der Waals surface area contributed by atoms with Crippen LogP contribution in [0.4, 0.5) is 11.4 Å². The van der Waals surface area contributed by atoms with E-state index in [-0.39, 0.29) is 31.7 Å². The van der Waals surface area contributed by atoms with Crippen molar-refractivity contribution in [1.82, 2.24) is 10.0 Å². The Morgan fingerprint density at radius 1 is 0.750 bits per heavy atom. The van der Waals surface area contributed by atoms with Gasteiger partial charge in [-0.1, -0.05) is 109 Å². The zero-order valence-corrected chi connectivity index (χ0v) is 31.3. The van der Waals surface area contributed by atoms with Crippen molar-refractivity contribution in [1.29, 1.82) is 0 Å². The third kappa shape index (κ3) is 10.5. The average molecular weight is 773 g/mol. The molecule has 6 aromatic carbocycles. The Kier molecular flexibility index (Phi) is 12.6. The summed E-state index contributed by atoms with van der Waals surface area (Å²) in [4.78, 5) is 37.6. The van der Waals surface area contributed by atoms with Gasteiger partial charge in [0, 0.05) is 24.4 Å². The van der Waals surface area contributed by atoms with Crippen LogP contribution in [-0.4, -0.2) is 44.4 Å². The normalized spacial score (nSPS) is 11.7. The lowest BCUT2D eigenvalue weighted by Gasteiger charge is -2.19. The average Bonchev–Trinajstić information content (AvgIpc) is 3.20. The van der Waals surface area contributed by atoms with E-state index in [4.69, 9.17) is 9.47 Å². The van der Waals surface area contributed by atoms with Crippen LogP contribution in [0.2, 0.25) is 0 Å². The van der Waals surface area contributed by atoms with Crippen molar-refractivity contribution in [2.75, 3.05) is 18.5 Å². The molecule has 1 atom stereocenters. The second-order valence-corrected chi connectivity index (χ2v) is 14.7. The minimum Gasteiger partial charge on any atom is -0.490 e. The van der Waals surface area contributed by atoms with Crippen molar-refractivity contribution in [2.45, 2.75) is 37.2 Å². The maximum atomic E-state index is 13.7. The molecule has 6 rings (SSSR count). The molecule has 0 saturated heterocycles. The van der Waals surface area contributed by atoms with E-state index in [2.05, 4.69) is 10.6 Å². The molecule has 286 valence electrons. The van der Waals surface area contributed by atoms with Gasteiger partial charge in [-0.25, -0.2) is 13.1 Å². The van der Waals surface area contributed by atoms with Crippen LogP contribution in [0.25, 0.3) is 10.8 Å². The molecule has 0 aliphatic heterocycles. The number of anilines is 1. The smallest absolute Gasteiger partial charge is 0.293 e. The van der Waals surface area contributed by atoms with E-state index in [1.807, 2.05) is 96.6 Å². The van der Waals surface area contributed by atoms with Gasteiger partial charge in [0.05, 0.1) is 16.2 Å². The molecule has 12 nitrogen and oxygen atoms in total. The van der Waals surface area contributed by atoms with Crippen LogP contribution in [-0.2, 0) is 39.0 Å². The highest BCUT2D eigenvalue weighted by Crippen LogP contribution is 2.29. The molecule has 3 N–H and O–H groups in total. The zero-order chi connectivity index (χ0) is 39.5. The minimum atomic E-state index is -4.60. The standard InChI is InChI=1S/C43H40N4O8S/c1-30-14-16-32(17-15-30)27-42(48)45-39(26-31-18-20-35(21-19-31)54-24-25-55-41-13-7-11-34-10-5-6-12-37(34)41)43(49)46-56(52,53)36-22-23-38(40(28-36)47(50)51)44-29-33-8-3-2-4-9-33/h2-23,28,39,44H,24-27,29H2,1H3,(H,45,48)(H,46,49)/t39-/m0/s1. The van der Waals surface area contributed by atoms with E-state index in [9.17, 15) is 28.1 Å². The molecule has 0 aliphatic rings. The molecule has 0 bridgehead atoms. The summed E-state index contributed by atoms with van der Waals surface area (Å²) in [5, 5.41) is 19.7. The number of nitrogens with one attached hydrogen (secondary N) is 3. The second kappa shape index (κ2) is 18.1. The number of nitrogens with zero attached hydrogens (tertiary/aromatic N) is 1. The maximum Gasteiger partial charge on any atom is 0.293 e. The number of aryl methyl sites for hydroxylation is 1. The summed E-state index contributed by atoms with van der Waals surface area (Å²) in [6, 6.07) is 39.2. The minimum absolute atomic E-state index is 0.0475. The number of sulfonamides is 1. The Morgan fingerprint density at radius 3 is 2.18 bits per heavy atom. The summed E-state index contributed by atoms with van der Waals surface area (Å²) >= 11 is 0. The second-order valence-electron chi connectivity index (χ2n) is 13.0. The van der Waals surface area contributed by atoms with Crippen LogP contribution in [0.1, 0.15) is 22.3 Å². The number of hydrogen-bond donors (Lipinski definition) is 3. The van der Waals surface area contributed by atoms with Gasteiger partial charge in [-0.2, -0.15) is 0 Å². The quantitative estimate of drug-likeness (QED) is 0.0508. The van der Waals surface area contributed by atoms with Crippen molar-refractivity contribution in [2.24, 2.45) is 0 Å². The van der Waals surface area contributed by atoms with Gasteiger partial charge in [0.25, 0.3) is 21.6 Å². The van der Waals surface area contributed by atoms with Crippen LogP contribution in [0.5, 0.6) is 11.5 Å². The van der Waals surface area contributed by atoms with E-state index in [1.165, 1.54) is 12.1 Å². The number of nitro benzene ring substituents is 1. The van der Waals surface area contributed by atoms with Crippen LogP contribution < -0.4 is 24.8 Å². The van der Waals surface area contributed by atoms with Gasteiger partial charge in [0.1, 0.15) is 36.4 Å². The fraction of sp³-hybridized carbons (Fsp3) is 0.163. The molecular weight excluding hydrogens is 733 g/mol. The number of nitro groups is 1. The number of amides is 2. The molecule has 0 fully saturated rings. The van der Waals surface area contributed by atoms with E-state index < -0.39 is 43.4 Å². The molecule has 56 heavy (non-hydrogen) atoms. The summed E-state index contributed by atoms with van der Waals surface area (Å²) < 4.78 is 40.8. The van der Waals surface area contributed by atoms with E-state index >= 15 is 0 Å². The first-order valence-corrected chi connectivity index (χ1v) is 19.3. The van der Waals surface area contributed by atoms with Crippen LogP contribution >= 0.6 is 0 Å². The first-order valence-electron chi connectivity index (χ1n) is 17.8. The highest BCUT2D eigenvalue weighted by molar-refractivity contribution is 7.90. The molecule has 13 heteroatoms.